The van der Waals surface area contributed by atoms with Gasteiger partial charge >= 0.3 is 0 Å². The molecule has 0 N–H and O–H groups in total. The molecule has 1 rings (SSSR count). The predicted molar refractivity (Wildman–Crippen MR) is 93.1 cm³/mol. The third-order valence-electron chi connectivity index (χ3n) is 3.15. The van der Waals surface area contributed by atoms with Crippen LogP contribution >= 0.6 is 0 Å². The number of ketones is 1. The van der Waals surface area contributed by atoms with Crippen LogP contribution in [0.2, 0.25) is 0 Å². The van der Waals surface area contributed by atoms with Crippen LogP contribution in [0.5, 0.6) is 0 Å². The van der Waals surface area contributed by atoms with Crippen molar-refractivity contribution in [3.05, 3.63) is 36.8 Å². The second-order valence-corrected chi connectivity index (χ2v) is 4.92. The fourth-order valence-corrected chi connectivity index (χ4v) is 1.99. The number of halogens is 1. The first kappa shape index (κ1) is 22.4. The molecular formula is C18H29FN2O. The van der Waals surface area contributed by atoms with Crippen molar-refractivity contribution in [1.29, 1.82) is 0 Å². The lowest BCUT2D eigenvalue weighted by Gasteiger charge is -2.23. The van der Waals surface area contributed by atoms with E-state index in [2.05, 4.69) is 42.9 Å². The molecule has 4 heteroatoms. The Labute approximate surface area is 135 Å². The van der Waals surface area contributed by atoms with Crippen molar-refractivity contribution >= 4 is 5.78 Å². The van der Waals surface area contributed by atoms with Crippen molar-refractivity contribution in [3.63, 3.8) is 0 Å². The highest BCUT2D eigenvalue weighted by Crippen LogP contribution is 2.12. The second kappa shape index (κ2) is 14.1. The topological polar surface area (TPSA) is 23.6 Å². The Kier molecular flexibility index (Phi) is 14.4. The van der Waals surface area contributed by atoms with Crippen LogP contribution in [0.25, 0.3) is 0 Å². The van der Waals surface area contributed by atoms with E-state index in [4.69, 9.17) is 0 Å². The third kappa shape index (κ3) is 10.9. The number of rotatable bonds is 4. The Morgan fingerprint density at radius 2 is 1.77 bits per heavy atom. The van der Waals surface area contributed by atoms with Gasteiger partial charge in [0.1, 0.15) is 11.6 Å². The highest BCUT2D eigenvalue weighted by molar-refractivity contribution is 5.77. The number of terminal acetylenes is 1. The summed E-state index contributed by atoms with van der Waals surface area (Å²) >= 11 is 0. The number of hydrogen-bond donors (Lipinski definition) is 0. The maximum Gasteiger partial charge on any atom is 0.133 e. The van der Waals surface area contributed by atoms with Gasteiger partial charge in [0.2, 0.25) is 0 Å². The first-order valence-electron chi connectivity index (χ1n) is 7.29. The van der Waals surface area contributed by atoms with Gasteiger partial charge in [0.25, 0.3) is 0 Å². The summed E-state index contributed by atoms with van der Waals surface area (Å²) in [6, 6.07) is 0. The summed E-state index contributed by atoms with van der Waals surface area (Å²) < 4.78 is 13.5. The van der Waals surface area contributed by atoms with E-state index in [1.807, 2.05) is 6.92 Å². The van der Waals surface area contributed by atoms with E-state index in [9.17, 15) is 9.18 Å². The summed E-state index contributed by atoms with van der Waals surface area (Å²) in [4.78, 5) is 15.3. The predicted octanol–water partition coefficient (Wildman–Crippen LogP) is 3.41. The lowest BCUT2D eigenvalue weighted by molar-refractivity contribution is -0.116. The van der Waals surface area contributed by atoms with Crippen LogP contribution < -0.4 is 0 Å². The van der Waals surface area contributed by atoms with Crippen LogP contribution in [0.15, 0.2) is 36.8 Å². The molecule has 1 saturated heterocycles. The Hall–Kier alpha value is -1.86. The zero-order valence-electron chi connectivity index (χ0n) is 14.1. The summed E-state index contributed by atoms with van der Waals surface area (Å²) in [6.45, 7) is 13.4. The number of likely N-dealkylation sites (N-methyl/N-ethyl adjacent to an activating group) is 1. The highest BCUT2D eigenvalue weighted by Gasteiger charge is 2.12. The van der Waals surface area contributed by atoms with E-state index in [0.29, 0.717) is 0 Å². The zero-order chi connectivity index (χ0) is 17.5. The zero-order valence-corrected chi connectivity index (χ0v) is 14.1. The molecule has 0 bridgehead atoms. The summed E-state index contributed by atoms with van der Waals surface area (Å²) in [5.74, 6) is -0.340. The first-order valence-corrected chi connectivity index (χ1v) is 7.29. The lowest BCUT2D eigenvalue weighted by Crippen LogP contribution is -2.27. The summed E-state index contributed by atoms with van der Waals surface area (Å²) in [5.41, 5.74) is 0.933. The number of carbonyl (C=O) groups excluding carboxylic acids is 1. The van der Waals surface area contributed by atoms with Crippen molar-refractivity contribution in [2.75, 3.05) is 33.2 Å². The molecule has 0 aromatic rings. The fraction of sp³-hybridized carbons (Fsp3) is 0.500. The number of allylic oxidation sites excluding steroid dienone is 4. The summed E-state index contributed by atoms with van der Waals surface area (Å²) in [5, 5.41) is 0. The fourth-order valence-electron chi connectivity index (χ4n) is 1.99. The lowest BCUT2D eigenvalue weighted by atomic mass is 10.2. The molecule has 124 valence electrons. The van der Waals surface area contributed by atoms with Crippen LogP contribution in [0.4, 0.5) is 4.39 Å². The van der Waals surface area contributed by atoms with Gasteiger partial charge in [0.05, 0.1) is 0 Å². The molecule has 3 nitrogen and oxygen atoms in total. The van der Waals surface area contributed by atoms with Crippen molar-refractivity contribution in [3.8, 4) is 12.8 Å². The Balaban J connectivity index is 0. The molecule has 0 aliphatic carbocycles. The molecular weight excluding hydrogens is 279 g/mol. The van der Waals surface area contributed by atoms with Gasteiger partial charge < -0.3 is 9.80 Å². The van der Waals surface area contributed by atoms with E-state index >= 15 is 0 Å². The highest BCUT2D eigenvalue weighted by atomic mass is 19.1. The van der Waals surface area contributed by atoms with Crippen LogP contribution in [-0.2, 0) is 4.79 Å². The van der Waals surface area contributed by atoms with E-state index in [0.717, 1.165) is 38.3 Å². The SMILES string of the molecule is C#C.C=C.CC(=O)C/C=C(F)\C=C(/C)N1CCCN(C)CC1. The monoisotopic (exact) mass is 308 g/mol. The Morgan fingerprint density at radius 3 is 2.32 bits per heavy atom. The van der Waals surface area contributed by atoms with Crippen LogP contribution in [0, 0.1) is 12.8 Å². The van der Waals surface area contributed by atoms with E-state index < -0.39 is 0 Å². The molecule has 0 aromatic heterocycles. The van der Waals surface area contributed by atoms with Gasteiger partial charge in [-0.15, -0.1) is 26.0 Å². The largest absolute Gasteiger partial charge is 0.374 e. The average Bonchev–Trinajstić information content (AvgIpc) is 2.74. The molecule has 0 amide bonds. The molecule has 0 radical (unpaired) electrons. The molecule has 0 spiro atoms. The first-order chi connectivity index (χ1) is 10.5. The maximum absolute atomic E-state index is 13.5. The molecule has 0 saturated carbocycles. The van der Waals surface area contributed by atoms with E-state index in [1.165, 1.54) is 19.1 Å². The van der Waals surface area contributed by atoms with Gasteiger partial charge in [-0.3, -0.25) is 4.79 Å². The average molecular weight is 308 g/mol. The molecule has 0 unspecified atom stereocenters. The van der Waals surface area contributed by atoms with E-state index in [1.54, 1.807) is 0 Å². The van der Waals surface area contributed by atoms with Crippen molar-refractivity contribution in [1.82, 2.24) is 9.80 Å². The number of Topliss-reactive ketones (excluding diaryl/α,β-unsaturated/α-hetero) is 1. The van der Waals surface area contributed by atoms with E-state index in [-0.39, 0.29) is 18.0 Å². The normalized spacial score (nSPS) is 16.5. The summed E-state index contributed by atoms with van der Waals surface area (Å²) in [6.07, 6.45) is 12.1. The third-order valence-corrected chi connectivity index (χ3v) is 3.15. The quantitative estimate of drug-likeness (QED) is 0.452. The van der Waals surface area contributed by atoms with Gasteiger partial charge in [-0.1, -0.05) is 0 Å². The second-order valence-electron chi connectivity index (χ2n) is 4.92. The Bertz CT molecular complexity index is 399. The molecule has 1 fully saturated rings. The van der Waals surface area contributed by atoms with Crippen LogP contribution in [0.3, 0.4) is 0 Å². The van der Waals surface area contributed by atoms with Gasteiger partial charge in [0.15, 0.2) is 0 Å². The molecule has 0 atom stereocenters. The van der Waals surface area contributed by atoms with Gasteiger partial charge in [-0.2, -0.15) is 0 Å². The summed E-state index contributed by atoms with van der Waals surface area (Å²) in [7, 11) is 2.11. The minimum atomic E-state index is -0.319. The number of carbonyl (C=O) groups is 1. The van der Waals surface area contributed by atoms with Crippen LogP contribution in [0.1, 0.15) is 26.7 Å². The molecule has 1 aliphatic rings. The minimum absolute atomic E-state index is 0.0207. The maximum atomic E-state index is 13.5. The van der Waals surface area contributed by atoms with Gasteiger partial charge in [0, 0.05) is 31.8 Å². The molecule has 22 heavy (non-hydrogen) atoms. The Morgan fingerprint density at radius 1 is 1.18 bits per heavy atom. The smallest absolute Gasteiger partial charge is 0.133 e. The van der Waals surface area contributed by atoms with Gasteiger partial charge in [-0.25, -0.2) is 4.39 Å². The van der Waals surface area contributed by atoms with Crippen molar-refractivity contribution in [2.24, 2.45) is 0 Å². The van der Waals surface area contributed by atoms with Crippen LogP contribution in [-0.4, -0.2) is 48.8 Å². The minimum Gasteiger partial charge on any atom is -0.374 e. The number of hydrogen-bond acceptors (Lipinski definition) is 3. The number of nitrogens with zero attached hydrogens (tertiary/aromatic N) is 2. The van der Waals surface area contributed by atoms with Crippen molar-refractivity contribution < 1.29 is 9.18 Å². The van der Waals surface area contributed by atoms with Gasteiger partial charge in [-0.05, 0) is 46.0 Å². The molecule has 0 aromatic carbocycles. The molecule has 1 heterocycles. The standard InChI is InChI=1S/C14H23FN2O.C2H4.C2H2/c1-12(11-14(15)6-5-13(2)18)17-8-4-7-16(3)9-10-17;2*1-2/h6,11H,4-5,7-10H2,1-3H3;1-2H2;1-2H/b12-11+,14-6+;;. The van der Waals surface area contributed by atoms with Crippen molar-refractivity contribution in [2.45, 2.75) is 26.7 Å². The molecule has 1 aliphatic heterocycles.